The average molecular weight is 449 g/mol. The van der Waals surface area contributed by atoms with E-state index in [0.29, 0.717) is 16.0 Å². The van der Waals surface area contributed by atoms with Crippen LogP contribution in [-0.2, 0) is 6.42 Å². The third-order valence-electron chi connectivity index (χ3n) is 4.19. The van der Waals surface area contributed by atoms with Crippen LogP contribution >= 0.6 is 23.4 Å². The molecule has 0 unspecified atom stereocenters. The van der Waals surface area contributed by atoms with Crippen LogP contribution in [0, 0.1) is 5.82 Å². The number of methoxy groups -OCH3 is 2. The normalized spacial score (nSPS) is 14.8. The maximum absolute atomic E-state index is 13.2. The standard InChI is InChI=1S/C21H22ClFN4O2S/c1-13(24-9-8-14-4-7-18(28-2)19(10-14)29-3)12-25-20-27-21(30-20)26-15-5-6-17(23)16(22)11-15/h4-7,10-12,24H,8-9H2,1-3H3,(H,25,26,27)/b13-12-. The van der Waals surface area contributed by atoms with Gasteiger partial charge in [-0.3, -0.25) is 0 Å². The van der Waals surface area contributed by atoms with E-state index in [-0.39, 0.29) is 5.02 Å². The Morgan fingerprint density at radius 3 is 2.67 bits per heavy atom. The maximum Gasteiger partial charge on any atom is 0.197 e. The monoisotopic (exact) mass is 448 g/mol. The van der Waals surface area contributed by atoms with Crippen molar-refractivity contribution in [1.82, 2.24) is 5.32 Å². The number of ether oxygens (including phenoxy) is 2. The number of hydrogen-bond donors (Lipinski definition) is 2. The Morgan fingerprint density at radius 1 is 1.20 bits per heavy atom. The third kappa shape index (κ3) is 5.90. The van der Waals surface area contributed by atoms with Crippen LogP contribution in [0.2, 0.25) is 5.02 Å². The highest BCUT2D eigenvalue weighted by molar-refractivity contribution is 8.29. The lowest BCUT2D eigenvalue weighted by Crippen LogP contribution is -2.19. The Hall–Kier alpha value is -2.71. The fourth-order valence-electron chi connectivity index (χ4n) is 2.62. The lowest BCUT2D eigenvalue weighted by Gasteiger charge is -2.16. The second kappa shape index (κ2) is 10.4. The van der Waals surface area contributed by atoms with Crippen LogP contribution in [0.3, 0.4) is 0 Å². The number of nitrogens with zero attached hydrogens (tertiary/aromatic N) is 2. The number of halogens is 2. The first-order valence-electron chi connectivity index (χ1n) is 9.16. The van der Waals surface area contributed by atoms with Gasteiger partial charge in [0.05, 0.1) is 19.2 Å². The summed E-state index contributed by atoms with van der Waals surface area (Å²) >= 11 is 7.17. The number of aliphatic imine (C=N–C) groups is 2. The number of nitrogens with one attached hydrogen (secondary N) is 2. The van der Waals surface area contributed by atoms with Crippen molar-refractivity contribution in [3.63, 3.8) is 0 Å². The van der Waals surface area contributed by atoms with Crippen LogP contribution < -0.4 is 20.1 Å². The molecule has 30 heavy (non-hydrogen) atoms. The van der Waals surface area contributed by atoms with E-state index in [1.807, 2.05) is 25.1 Å². The molecule has 0 radical (unpaired) electrons. The minimum Gasteiger partial charge on any atom is -0.493 e. The summed E-state index contributed by atoms with van der Waals surface area (Å²) in [7, 11) is 3.25. The molecule has 2 aromatic carbocycles. The van der Waals surface area contributed by atoms with Crippen LogP contribution in [0.25, 0.3) is 0 Å². The molecular weight excluding hydrogens is 427 g/mol. The smallest absolute Gasteiger partial charge is 0.197 e. The Bertz CT molecular complexity index is 1010. The van der Waals surface area contributed by atoms with Crippen molar-refractivity contribution in [2.75, 3.05) is 26.1 Å². The summed E-state index contributed by atoms with van der Waals surface area (Å²) in [6, 6.07) is 10.3. The second-order valence-corrected chi connectivity index (χ2v) is 7.73. The van der Waals surface area contributed by atoms with Crippen molar-refractivity contribution >= 4 is 39.4 Å². The molecule has 6 nitrogen and oxygen atoms in total. The van der Waals surface area contributed by atoms with Gasteiger partial charge < -0.3 is 20.1 Å². The van der Waals surface area contributed by atoms with E-state index in [4.69, 9.17) is 21.1 Å². The van der Waals surface area contributed by atoms with Gasteiger partial charge in [0.25, 0.3) is 0 Å². The number of benzene rings is 2. The van der Waals surface area contributed by atoms with Gasteiger partial charge >= 0.3 is 0 Å². The number of anilines is 1. The number of allylic oxidation sites excluding steroid dienone is 1. The van der Waals surface area contributed by atoms with Crippen LogP contribution in [-0.4, -0.2) is 31.1 Å². The molecule has 0 saturated heterocycles. The van der Waals surface area contributed by atoms with Gasteiger partial charge in [0.15, 0.2) is 21.8 Å². The zero-order valence-corrected chi connectivity index (χ0v) is 18.4. The van der Waals surface area contributed by atoms with Crippen LogP contribution in [0.4, 0.5) is 10.1 Å². The van der Waals surface area contributed by atoms with E-state index in [1.54, 1.807) is 26.5 Å². The van der Waals surface area contributed by atoms with Crippen molar-refractivity contribution in [3.05, 3.63) is 64.7 Å². The first-order chi connectivity index (χ1) is 14.5. The molecule has 0 atom stereocenters. The molecule has 0 bridgehead atoms. The molecule has 158 valence electrons. The molecular formula is C21H22ClFN4O2S. The van der Waals surface area contributed by atoms with Crippen LogP contribution in [0.5, 0.6) is 11.5 Å². The molecule has 1 aliphatic rings. The topological polar surface area (TPSA) is 67.2 Å². The Balaban J connectivity index is 1.46. The predicted octanol–water partition coefficient (Wildman–Crippen LogP) is 5.06. The molecule has 2 N–H and O–H groups in total. The second-order valence-electron chi connectivity index (χ2n) is 6.36. The largest absolute Gasteiger partial charge is 0.493 e. The molecule has 0 amide bonds. The first-order valence-corrected chi connectivity index (χ1v) is 10.4. The Morgan fingerprint density at radius 2 is 1.97 bits per heavy atom. The molecule has 0 aliphatic carbocycles. The minimum absolute atomic E-state index is 0.0662. The molecule has 0 aromatic heterocycles. The van der Waals surface area contributed by atoms with Gasteiger partial charge in [0, 0.05) is 24.1 Å². The van der Waals surface area contributed by atoms with Gasteiger partial charge in [-0.1, -0.05) is 17.7 Å². The molecule has 1 aliphatic heterocycles. The van der Waals surface area contributed by atoms with E-state index >= 15 is 0 Å². The van der Waals surface area contributed by atoms with E-state index in [0.717, 1.165) is 35.7 Å². The zero-order valence-electron chi connectivity index (χ0n) is 16.8. The number of hydrogen-bond acceptors (Lipinski definition) is 6. The van der Waals surface area contributed by atoms with E-state index in [1.165, 1.54) is 23.9 Å². The summed E-state index contributed by atoms with van der Waals surface area (Å²) in [5.74, 6) is 0.990. The number of rotatable bonds is 8. The molecule has 1 heterocycles. The quantitative estimate of drug-likeness (QED) is 0.590. The van der Waals surface area contributed by atoms with Crippen molar-refractivity contribution < 1.29 is 13.9 Å². The van der Waals surface area contributed by atoms with Crippen LogP contribution in [0.1, 0.15) is 12.5 Å². The van der Waals surface area contributed by atoms with Crippen molar-refractivity contribution in [2.45, 2.75) is 13.3 Å². The number of amidine groups is 2. The lowest BCUT2D eigenvalue weighted by atomic mass is 10.1. The van der Waals surface area contributed by atoms with Crippen LogP contribution in [0.15, 0.2) is 58.3 Å². The van der Waals surface area contributed by atoms with Gasteiger partial charge in [-0.05, 0) is 61.0 Å². The fourth-order valence-corrected chi connectivity index (χ4v) is 3.39. The van der Waals surface area contributed by atoms with Gasteiger partial charge in [0.2, 0.25) is 0 Å². The minimum atomic E-state index is -0.452. The summed E-state index contributed by atoms with van der Waals surface area (Å²) < 4.78 is 23.8. The predicted molar refractivity (Wildman–Crippen MR) is 123 cm³/mol. The van der Waals surface area contributed by atoms with Gasteiger partial charge in [-0.2, -0.15) is 4.99 Å². The highest BCUT2D eigenvalue weighted by Gasteiger charge is 2.17. The summed E-state index contributed by atoms with van der Waals surface area (Å²) in [5.41, 5.74) is 2.76. The zero-order chi connectivity index (χ0) is 21.5. The molecule has 2 aromatic rings. The van der Waals surface area contributed by atoms with Crippen molar-refractivity contribution in [2.24, 2.45) is 9.98 Å². The molecule has 3 rings (SSSR count). The van der Waals surface area contributed by atoms with Gasteiger partial charge in [-0.25, -0.2) is 9.38 Å². The SMILES string of the molecule is COc1ccc(CCN/C(C)=C\N=C2N=C(Nc3ccc(F)c(Cl)c3)S2)cc1OC. The average Bonchev–Trinajstić information content (AvgIpc) is 2.72. The van der Waals surface area contributed by atoms with Crippen molar-refractivity contribution in [1.29, 1.82) is 0 Å². The Labute approximate surface area is 184 Å². The summed E-state index contributed by atoms with van der Waals surface area (Å²) in [6.07, 6.45) is 2.58. The summed E-state index contributed by atoms with van der Waals surface area (Å²) in [6.45, 7) is 2.71. The third-order valence-corrected chi connectivity index (χ3v) is 5.25. The van der Waals surface area contributed by atoms with Gasteiger partial charge in [-0.15, -0.1) is 0 Å². The summed E-state index contributed by atoms with van der Waals surface area (Å²) in [4.78, 5) is 8.62. The van der Waals surface area contributed by atoms with E-state index in [2.05, 4.69) is 20.6 Å². The fraction of sp³-hybridized carbons (Fsp3) is 0.238. The molecule has 0 saturated carbocycles. The van der Waals surface area contributed by atoms with E-state index in [9.17, 15) is 4.39 Å². The highest BCUT2D eigenvalue weighted by Crippen LogP contribution is 2.28. The number of thioether (sulfide) groups is 1. The van der Waals surface area contributed by atoms with Gasteiger partial charge in [0.1, 0.15) is 5.82 Å². The summed E-state index contributed by atoms with van der Waals surface area (Å²) in [5, 5.41) is 7.78. The van der Waals surface area contributed by atoms with Crippen molar-refractivity contribution in [3.8, 4) is 11.5 Å². The maximum atomic E-state index is 13.2. The molecule has 9 heteroatoms. The van der Waals surface area contributed by atoms with E-state index < -0.39 is 5.82 Å². The Kier molecular flexibility index (Phi) is 7.59. The highest BCUT2D eigenvalue weighted by atomic mass is 35.5. The lowest BCUT2D eigenvalue weighted by molar-refractivity contribution is 0.354. The first kappa shape index (κ1) is 22.0. The molecule has 0 fully saturated rings. The molecule has 0 spiro atoms.